The van der Waals surface area contributed by atoms with Gasteiger partial charge in [-0.2, -0.15) is 0 Å². The minimum atomic E-state index is 0.0647. The molecule has 0 aliphatic carbocycles. The molecule has 0 spiro atoms. The van der Waals surface area contributed by atoms with Crippen LogP contribution in [-0.4, -0.2) is 22.8 Å². The molecular weight excluding hydrogens is 238 g/mol. The van der Waals surface area contributed by atoms with Crippen LogP contribution in [0.15, 0.2) is 42.7 Å². The summed E-state index contributed by atoms with van der Waals surface area (Å²) in [7, 11) is 1.94. The highest BCUT2D eigenvalue weighted by Gasteiger charge is 2.18. The molecule has 0 bridgehead atoms. The average molecular weight is 253 g/mol. The third-order valence-corrected chi connectivity index (χ3v) is 3.34. The normalized spacial score (nSPS) is 10.8. The topological polar surface area (TPSA) is 51.9 Å². The average Bonchev–Trinajstić information content (AvgIpc) is 3.04. The van der Waals surface area contributed by atoms with Gasteiger partial charge in [0.25, 0.3) is 0 Å². The number of carbonyl (C=O) groups excluding carboxylic acids is 1. The Morgan fingerprint density at radius 2 is 2.00 bits per heavy atom. The first-order valence-corrected chi connectivity index (χ1v) is 6.16. The molecule has 0 aliphatic rings. The van der Waals surface area contributed by atoms with Crippen LogP contribution in [0.1, 0.15) is 17.3 Å². The predicted octanol–water partition coefficient (Wildman–Crippen LogP) is 3.47. The van der Waals surface area contributed by atoms with Crippen LogP contribution in [0.3, 0.4) is 0 Å². The first kappa shape index (κ1) is 11.6. The third kappa shape index (κ3) is 1.81. The van der Waals surface area contributed by atoms with E-state index in [0.29, 0.717) is 0 Å². The lowest BCUT2D eigenvalue weighted by molar-refractivity contribution is 0.102. The van der Waals surface area contributed by atoms with E-state index in [1.807, 2.05) is 54.7 Å². The third-order valence-electron chi connectivity index (χ3n) is 3.34. The molecule has 2 aromatic heterocycles. The van der Waals surface area contributed by atoms with Crippen molar-refractivity contribution in [2.45, 2.75) is 6.92 Å². The molecule has 3 aromatic rings. The maximum absolute atomic E-state index is 12.0. The Morgan fingerprint density at radius 3 is 2.68 bits per heavy atom. The fourth-order valence-electron chi connectivity index (χ4n) is 2.39. The number of benzene rings is 1. The van der Waals surface area contributed by atoms with Gasteiger partial charge in [0, 0.05) is 30.3 Å². The van der Waals surface area contributed by atoms with E-state index in [9.17, 15) is 4.79 Å². The number of H-pyrrole nitrogens is 2. The van der Waals surface area contributed by atoms with Crippen LogP contribution in [0.5, 0.6) is 0 Å². The van der Waals surface area contributed by atoms with Crippen molar-refractivity contribution in [1.82, 2.24) is 9.97 Å². The van der Waals surface area contributed by atoms with E-state index >= 15 is 0 Å². The SMILES string of the molecule is CC(=O)c1c(N(C)c2cc[nH]c2)[nH]c2ccccc12. The molecule has 0 saturated heterocycles. The Balaban J connectivity index is 2.23. The molecule has 0 unspecified atom stereocenters. The van der Waals surface area contributed by atoms with Crippen molar-refractivity contribution in [1.29, 1.82) is 0 Å². The summed E-state index contributed by atoms with van der Waals surface area (Å²) in [4.78, 5) is 20.3. The van der Waals surface area contributed by atoms with Crippen LogP contribution in [0.2, 0.25) is 0 Å². The predicted molar refractivity (Wildman–Crippen MR) is 77.2 cm³/mol. The van der Waals surface area contributed by atoms with Gasteiger partial charge in [0.2, 0.25) is 0 Å². The summed E-state index contributed by atoms with van der Waals surface area (Å²) in [5, 5.41) is 0.965. The molecule has 2 N–H and O–H groups in total. The van der Waals surface area contributed by atoms with Crippen molar-refractivity contribution < 1.29 is 4.79 Å². The molecule has 0 fully saturated rings. The maximum Gasteiger partial charge on any atom is 0.164 e. The number of Topliss-reactive ketones (excluding diaryl/α,β-unsaturated/α-hetero) is 1. The first-order chi connectivity index (χ1) is 9.18. The van der Waals surface area contributed by atoms with E-state index in [1.54, 1.807) is 6.92 Å². The lowest BCUT2D eigenvalue weighted by atomic mass is 10.1. The lowest BCUT2D eigenvalue weighted by Crippen LogP contribution is -2.12. The van der Waals surface area contributed by atoms with E-state index in [0.717, 1.165) is 28.0 Å². The minimum Gasteiger partial charge on any atom is -0.366 e. The number of rotatable bonds is 3. The Bertz CT molecular complexity index is 725. The number of aromatic nitrogens is 2. The van der Waals surface area contributed by atoms with Gasteiger partial charge in [-0.05, 0) is 19.1 Å². The summed E-state index contributed by atoms with van der Waals surface area (Å²) >= 11 is 0. The second kappa shape index (κ2) is 4.31. The van der Waals surface area contributed by atoms with Gasteiger partial charge in [-0.25, -0.2) is 0 Å². The van der Waals surface area contributed by atoms with Crippen molar-refractivity contribution in [2.24, 2.45) is 0 Å². The molecule has 0 amide bonds. The fraction of sp³-hybridized carbons (Fsp3) is 0.133. The van der Waals surface area contributed by atoms with Gasteiger partial charge < -0.3 is 14.9 Å². The monoisotopic (exact) mass is 253 g/mol. The first-order valence-electron chi connectivity index (χ1n) is 6.16. The zero-order valence-corrected chi connectivity index (χ0v) is 10.9. The minimum absolute atomic E-state index is 0.0647. The summed E-state index contributed by atoms with van der Waals surface area (Å²) in [5.74, 6) is 0.892. The second-order valence-corrected chi connectivity index (χ2v) is 4.58. The zero-order valence-electron chi connectivity index (χ0n) is 10.9. The highest BCUT2D eigenvalue weighted by Crippen LogP contribution is 2.32. The number of hydrogen-bond donors (Lipinski definition) is 2. The molecule has 1 aromatic carbocycles. The highest BCUT2D eigenvalue weighted by molar-refractivity contribution is 6.12. The Hall–Kier alpha value is -2.49. The quantitative estimate of drug-likeness (QED) is 0.702. The van der Waals surface area contributed by atoms with Gasteiger partial charge >= 0.3 is 0 Å². The van der Waals surface area contributed by atoms with Crippen LogP contribution in [0.25, 0.3) is 10.9 Å². The van der Waals surface area contributed by atoms with Gasteiger partial charge in [-0.1, -0.05) is 18.2 Å². The van der Waals surface area contributed by atoms with E-state index in [4.69, 9.17) is 0 Å². The van der Waals surface area contributed by atoms with Gasteiger partial charge in [0.1, 0.15) is 5.82 Å². The number of para-hydroxylation sites is 1. The van der Waals surface area contributed by atoms with Crippen molar-refractivity contribution >= 4 is 28.2 Å². The standard InChI is InChI=1S/C15H15N3O/c1-10(19)14-12-5-3-4-6-13(12)17-15(14)18(2)11-7-8-16-9-11/h3-9,16-17H,1-2H3. The van der Waals surface area contributed by atoms with Crippen molar-refractivity contribution in [3.63, 3.8) is 0 Å². The number of nitrogens with zero attached hydrogens (tertiary/aromatic N) is 1. The number of hydrogen-bond acceptors (Lipinski definition) is 2. The zero-order chi connectivity index (χ0) is 13.4. The Labute approximate surface area is 111 Å². The van der Waals surface area contributed by atoms with E-state index in [-0.39, 0.29) is 5.78 Å². The molecule has 19 heavy (non-hydrogen) atoms. The lowest BCUT2D eigenvalue weighted by Gasteiger charge is -2.17. The Kier molecular flexibility index (Phi) is 2.63. The number of fused-ring (bicyclic) bond motifs is 1. The summed E-state index contributed by atoms with van der Waals surface area (Å²) < 4.78 is 0. The van der Waals surface area contributed by atoms with Crippen molar-refractivity contribution in [3.05, 3.63) is 48.3 Å². The van der Waals surface area contributed by atoms with E-state index < -0.39 is 0 Å². The number of aromatic amines is 2. The van der Waals surface area contributed by atoms with Gasteiger partial charge in [0.15, 0.2) is 5.78 Å². The van der Waals surface area contributed by atoms with E-state index in [2.05, 4.69) is 9.97 Å². The number of carbonyl (C=O) groups is 1. The summed E-state index contributed by atoms with van der Waals surface area (Å²) in [5.41, 5.74) is 2.72. The molecule has 0 radical (unpaired) electrons. The van der Waals surface area contributed by atoms with Crippen LogP contribution in [-0.2, 0) is 0 Å². The van der Waals surface area contributed by atoms with Gasteiger partial charge in [0.05, 0.1) is 11.3 Å². The molecule has 0 atom stereocenters. The van der Waals surface area contributed by atoms with Crippen LogP contribution >= 0.6 is 0 Å². The van der Waals surface area contributed by atoms with Crippen LogP contribution in [0, 0.1) is 0 Å². The molecule has 2 heterocycles. The fourth-order valence-corrected chi connectivity index (χ4v) is 2.39. The number of nitrogens with one attached hydrogen (secondary N) is 2. The molecule has 0 aliphatic heterocycles. The molecule has 0 saturated carbocycles. The smallest absolute Gasteiger partial charge is 0.164 e. The van der Waals surface area contributed by atoms with Gasteiger partial charge in [-0.15, -0.1) is 0 Å². The summed E-state index contributed by atoms with van der Waals surface area (Å²) in [6, 6.07) is 9.83. The molecule has 4 heteroatoms. The second-order valence-electron chi connectivity index (χ2n) is 4.58. The molecule has 3 rings (SSSR count). The van der Waals surface area contributed by atoms with Crippen LogP contribution in [0.4, 0.5) is 11.5 Å². The Morgan fingerprint density at radius 1 is 1.21 bits per heavy atom. The summed E-state index contributed by atoms with van der Waals surface area (Å²) in [6.45, 7) is 1.60. The highest BCUT2D eigenvalue weighted by atomic mass is 16.1. The van der Waals surface area contributed by atoms with Gasteiger partial charge in [-0.3, -0.25) is 4.79 Å². The van der Waals surface area contributed by atoms with E-state index in [1.165, 1.54) is 0 Å². The maximum atomic E-state index is 12.0. The molecule has 4 nitrogen and oxygen atoms in total. The number of ketones is 1. The van der Waals surface area contributed by atoms with Crippen LogP contribution < -0.4 is 4.90 Å². The molecular formula is C15H15N3O. The summed E-state index contributed by atoms with van der Waals surface area (Å²) in [6.07, 6.45) is 3.76. The van der Waals surface area contributed by atoms with Crippen molar-refractivity contribution in [2.75, 3.05) is 11.9 Å². The number of anilines is 2. The molecule has 96 valence electrons. The van der Waals surface area contributed by atoms with Crippen molar-refractivity contribution in [3.8, 4) is 0 Å². The largest absolute Gasteiger partial charge is 0.366 e.